The summed E-state index contributed by atoms with van der Waals surface area (Å²) in [6.45, 7) is 2.42. The fraction of sp³-hybridized carbons (Fsp3) is 0.217. The first kappa shape index (κ1) is 22.6. The lowest BCUT2D eigenvalue weighted by atomic mass is 9.97. The molecule has 1 aromatic heterocycles. The van der Waals surface area contributed by atoms with Crippen LogP contribution in [0, 0.1) is 12.8 Å². The van der Waals surface area contributed by atoms with Gasteiger partial charge in [0.1, 0.15) is 0 Å². The predicted octanol–water partition coefficient (Wildman–Crippen LogP) is 2.03. The van der Waals surface area contributed by atoms with Crippen LogP contribution >= 0.6 is 0 Å². The molecule has 0 saturated carbocycles. The molecule has 0 unspecified atom stereocenters. The van der Waals surface area contributed by atoms with Crippen molar-refractivity contribution in [1.82, 2.24) is 14.9 Å². The molecule has 2 aromatic carbocycles. The highest BCUT2D eigenvalue weighted by atomic mass is 32.2. The maximum Gasteiger partial charge on any atom is 0.264 e. The SMILES string of the molecule is Cc1ccnc(NS(=O)(=O)c2ccc(NC(=O)C3CN(C(=O)c4ccc5c(c4)OCO5)C3)cc2)n1. The largest absolute Gasteiger partial charge is 0.454 e. The second-order valence-corrected chi connectivity index (χ2v) is 9.80. The standard InChI is InChI=1S/C23H21N5O6S/c1-14-8-9-24-23(25-14)27-35(31,32)18-5-3-17(4-6-18)26-21(29)16-11-28(12-16)22(30)15-2-7-19-20(10-15)34-13-33-19/h2-10,16H,11-13H2,1H3,(H,26,29)(H,24,25,27). The van der Waals surface area contributed by atoms with Gasteiger partial charge in [-0.25, -0.2) is 23.1 Å². The van der Waals surface area contributed by atoms with Gasteiger partial charge in [-0.3, -0.25) is 9.59 Å². The molecular weight excluding hydrogens is 474 g/mol. The van der Waals surface area contributed by atoms with Crippen molar-refractivity contribution in [2.24, 2.45) is 5.92 Å². The monoisotopic (exact) mass is 495 g/mol. The zero-order valence-corrected chi connectivity index (χ0v) is 19.4. The molecule has 2 aliphatic heterocycles. The molecule has 5 rings (SSSR count). The van der Waals surface area contributed by atoms with Gasteiger partial charge in [-0.05, 0) is 55.5 Å². The van der Waals surface area contributed by atoms with Crippen LogP contribution in [0.2, 0.25) is 0 Å². The fourth-order valence-electron chi connectivity index (χ4n) is 3.66. The van der Waals surface area contributed by atoms with E-state index >= 15 is 0 Å². The molecule has 0 aliphatic carbocycles. The van der Waals surface area contributed by atoms with Gasteiger partial charge in [-0.15, -0.1) is 0 Å². The average Bonchev–Trinajstić information content (AvgIpc) is 3.26. The van der Waals surface area contributed by atoms with Gasteiger partial charge < -0.3 is 19.7 Å². The highest BCUT2D eigenvalue weighted by Gasteiger charge is 2.36. The number of sulfonamides is 1. The van der Waals surface area contributed by atoms with Crippen molar-refractivity contribution in [2.75, 3.05) is 29.9 Å². The molecule has 0 atom stereocenters. The van der Waals surface area contributed by atoms with Gasteiger partial charge in [0, 0.05) is 36.2 Å². The Morgan fingerprint density at radius 1 is 1.03 bits per heavy atom. The van der Waals surface area contributed by atoms with Gasteiger partial charge in [-0.1, -0.05) is 0 Å². The molecule has 180 valence electrons. The summed E-state index contributed by atoms with van der Waals surface area (Å²) < 4.78 is 38.0. The summed E-state index contributed by atoms with van der Waals surface area (Å²) in [7, 11) is -3.88. The van der Waals surface area contributed by atoms with Crippen LogP contribution in [0.25, 0.3) is 0 Å². The Morgan fingerprint density at radius 2 is 1.77 bits per heavy atom. The number of amides is 2. The van der Waals surface area contributed by atoms with Crippen LogP contribution in [-0.4, -0.2) is 55.0 Å². The van der Waals surface area contributed by atoms with Crippen molar-refractivity contribution in [3.8, 4) is 11.5 Å². The van der Waals surface area contributed by atoms with Crippen molar-refractivity contribution in [3.05, 3.63) is 66.0 Å². The fourth-order valence-corrected chi connectivity index (χ4v) is 4.61. The number of anilines is 2. The smallest absolute Gasteiger partial charge is 0.264 e. The van der Waals surface area contributed by atoms with Crippen LogP contribution in [0.4, 0.5) is 11.6 Å². The van der Waals surface area contributed by atoms with E-state index in [0.717, 1.165) is 0 Å². The van der Waals surface area contributed by atoms with E-state index in [1.54, 1.807) is 36.1 Å². The van der Waals surface area contributed by atoms with Crippen molar-refractivity contribution < 1.29 is 27.5 Å². The van der Waals surface area contributed by atoms with Crippen molar-refractivity contribution in [3.63, 3.8) is 0 Å². The van der Waals surface area contributed by atoms with Crippen molar-refractivity contribution >= 4 is 33.5 Å². The summed E-state index contributed by atoms with van der Waals surface area (Å²) in [5.74, 6) is 0.301. The molecule has 35 heavy (non-hydrogen) atoms. The number of nitrogens with one attached hydrogen (secondary N) is 2. The van der Waals surface area contributed by atoms with E-state index in [4.69, 9.17) is 9.47 Å². The lowest BCUT2D eigenvalue weighted by Gasteiger charge is -2.38. The second-order valence-electron chi connectivity index (χ2n) is 8.12. The third-order valence-electron chi connectivity index (χ3n) is 5.61. The topological polar surface area (TPSA) is 140 Å². The Kier molecular flexibility index (Phi) is 5.73. The normalized spacial score (nSPS) is 14.8. The lowest BCUT2D eigenvalue weighted by molar-refractivity contribution is -0.123. The number of carbonyl (C=O) groups excluding carboxylic acids is 2. The maximum atomic E-state index is 12.7. The Balaban J connectivity index is 1.15. The Hall–Kier alpha value is -4.19. The molecular formula is C23H21N5O6S. The summed E-state index contributed by atoms with van der Waals surface area (Å²) in [4.78, 5) is 34.7. The number of ether oxygens (including phenoxy) is 2. The molecule has 2 N–H and O–H groups in total. The number of carbonyl (C=O) groups is 2. The molecule has 0 spiro atoms. The summed E-state index contributed by atoms with van der Waals surface area (Å²) in [5.41, 5.74) is 1.54. The summed E-state index contributed by atoms with van der Waals surface area (Å²) in [5, 5.41) is 2.76. The number of rotatable bonds is 6. The molecule has 1 saturated heterocycles. The summed E-state index contributed by atoms with van der Waals surface area (Å²) in [6, 6.07) is 12.4. The summed E-state index contributed by atoms with van der Waals surface area (Å²) in [6.07, 6.45) is 1.46. The number of aryl methyl sites for hydroxylation is 1. The van der Waals surface area contributed by atoms with E-state index in [1.807, 2.05) is 0 Å². The van der Waals surface area contributed by atoms with E-state index in [0.29, 0.717) is 28.4 Å². The molecule has 2 amide bonds. The third-order valence-corrected chi connectivity index (χ3v) is 6.96. The van der Waals surface area contributed by atoms with Crippen LogP contribution in [0.3, 0.4) is 0 Å². The van der Waals surface area contributed by atoms with Crippen LogP contribution in [0.1, 0.15) is 16.1 Å². The molecule has 12 heteroatoms. The molecule has 3 heterocycles. The quantitative estimate of drug-likeness (QED) is 0.529. The average molecular weight is 496 g/mol. The van der Waals surface area contributed by atoms with E-state index in [2.05, 4.69) is 20.0 Å². The Morgan fingerprint density at radius 3 is 2.51 bits per heavy atom. The lowest BCUT2D eigenvalue weighted by Crippen LogP contribution is -2.54. The van der Waals surface area contributed by atoms with Gasteiger partial charge in [0.25, 0.3) is 15.9 Å². The first-order valence-corrected chi connectivity index (χ1v) is 12.2. The van der Waals surface area contributed by atoms with Crippen molar-refractivity contribution in [1.29, 1.82) is 0 Å². The maximum absolute atomic E-state index is 12.7. The first-order valence-electron chi connectivity index (χ1n) is 10.7. The first-order chi connectivity index (χ1) is 16.8. The minimum Gasteiger partial charge on any atom is -0.454 e. The molecule has 0 radical (unpaired) electrons. The predicted molar refractivity (Wildman–Crippen MR) is 125 cm³/mol. The Bertz CT molecular complexity index is 1400. The zero-order valence-electron chi connectivity index (χ0n) is 18.6. The highest BCUT2D eigenvalue weighted by Crippen LogP contribution is 2.33. The number of aromatic nitrogens is 2. The third kappa shape index (κ3) is 4.73. The number of hydrogen-bond acceptors (Lipinski definition) is 8. The highest BCUT2D eigenvalue weighted by molar-refractivity contribution is 7.92. The number of hydrogen-bond donors (Lipinski definition) is 2. The van der Waals surface area contributed by atoms with Gasteiger partial charge in [0.15, 0.2) is 11.5 Å². The second kappa shape index (κ2) is 8.87. The number of likely N-dealkylation sites (tertiary alicyclic amines) is 1. The zero-order chi connectivity index (χ0) is 24.6. The minimum atomic E-state index is -3.88. The molecule has 0 bridgehead atoms. The van der Waals surface area contributed by atoms with E-state index in [1.165, 1.54) is 30.5 Å². The summed E-state index contributed by atoms with van der Waals surface area (Å²) >= 11 is 0. The number of nitrogens with zero attached hydrogens (tertiary/aromatic N) is 3. The van der Waals surface area contributed by atoms with Gasteiger partial charge in [0.05, 0.1) is 10.8 Å². The van der Waals surface area contributed by atoms with Crippen LogP contribution < -0.4 is 19.5 Å². The van der Waals surface area contributed by atoms with Crippen molar-refractivity contribution in [2.45, 2.75) is 11.8 Å². The Labute approximate surface area is 201 Å². The molecule has 1 fully saturated rings. The van der Waals surface area contributed by atoms with Gasteiger partial charge >= 0.3 is 0 Å². The van der Waals surface area contributed by atoms with Gasteiger partial charge in [-0.2, -0.15) is 0 Å². The number of fused-ring (bicyclic) bond motifs is 1. The molecule has 2 aliphatic rings. The van der Waals surface area contributed by atoms with E-state index in [9.17, 15) is 18.0 Å². The van der Waals surface area contributed by atoms with Gasteiger partial charge in [0.2, 0.25) is 18.6 Å². The molecule has 11 nitrogen and oxygen atoms in total. The molecule has 3 aromatic rings. The van der Waals surface area contributed by atoms with Crippen LogP contribution in [0.5, 0.6) is 11.5 Å². The van der Waals surface area contributed by atoms with E-state index in [-0.39, 0.29) is 48.5 Å². The van der Waals surface area contributed by atoms with Crippen LogP contribution in [0.15, 0.2) is 59.6 Å². The van der Waals surface area contributed by atoms with Crippen LogP contribution in [-0.2, 0) is 14.8 Å². The van der Waals surface area contributed by atoms with E-state index < -0.39 is 10.0 Å². The number of benzene rings is 2. The minimum absolute atomic E-state index is 0.00440.